The fraction of sp³-hybridized carbons (Fsp3) is 0.0182. The van der Waals surface area contributed by atoms with Gasteiger partial charge in [0, 0.05) is 22.3 Å². The maximum atomic E-state index is 6.88. The van der Waals surface area contributed by atoms with E-state index < -0.39 is 0 Å². The normalized spacial score (nSPS) is 12.2. The van der Waals surface area contributed by atoms with Gasteiger partial charge in [-0.15, -0.1) is 0 Å². The molecule has 0 bridgehead atoms. The molecule has 0 aliphatic heterocycles. The molecule has 0 N–H and O–H groups in total. The van der Waals surface area contributed by atoms with Crippen LogP contribution < -0.4 is 0 Å². The van der Waals surface area contributed by atoms with E-state index in [9.17, 15) is 0 Å². The van der Waals surface area contributed by atoms with Crippen molar-refractivity contribution in [3.63, 3.8) is 0 Å². The van der Waals surface area contributed by atoms with Crippen LogP contribution in [0.1, 0.15) is 22.6 Å². The summed E-state index contributed by atoms with van der Waals surface area (Å²) >= 11 is 0. The molecule has 0 radical (unpaired) electrons. The van der Waals surface area contributed by atoms with E-state index in [1.165, 1.54) is 76.8 Å². The van der Waals surface area contributed by atoms with Gasteiger partial charge in [-0.25, -0.2) is 0 Å². The summed E-state index contributed by atoms with van der Waals surface area (Å²) < 4.78 is 6.88. The maximum Gasteiger partial charge on any atom is 0.139 e. The molecule has 10 aromatic carbocycles. The summed E-state index contributed by atoms with van der Waals surface area (Å²) in [5.41, 5.74) is 12.7. The lowest BCUT2D eigenvalue weighted by atomic mass is 9.80. The summed E-state index contributed by atoms with van der Waals surface area (Å²) in [7, 11) is 0. The second-order valence-corrected chi connectivity index (χ2v) is 14.8. The zero-order valence-electron chi connectivity index (χ0n) is 30.7. The molecule has 1 heteroatoms. The van der Waals surface area contributed by atoms with Crippen molar-refractivity contribution in [2.24, 2.45) is 0 Å². The van der Waals surface area contributed by atoms with Crippen LogP contribution >= 0.6 is 0 Å². The monoisotopic (exact) mass is 712 g/mol. The van der Waals surface area contributed by atoms with Gasteiger partial charge in [-0.05, 0) is 95.0 Å². The zero-order valence-corrected chi connectivity index (χ0v) is 30.7. The number of rotatable bonds is 6. The highest BCUT2D eigenvalue weighted by Crippen LogP contribution is 2.44. The lowest BCUT2D eigenvalue weighted by molar-refractivity contribution is 0.661. The van der Waals surface area contributed by atoms with Gasteiger partial charge < -0.3 is 4.42 Å². The molecule has 1 heterocycles. The summed E-state index contributed by atoms with van der Waals surface area (Å²) in [5, 5.41) is 9.76. The lowest BCUT2D eigenvalue weighted by Crippen LogP contribution is -2.06. The molecular weight excluding hydrogens is 677 g/mol. The summed E-state index contributed by atoms with van der Waals surface area (Å²) in [6.07, 6.45) is 0. The van der Waals surface area contributed by atoms with Crippen LogP contribution in [0.5, 0.6) is 0 Å². The predicted molar refractivity (Wildman–Crippen MR) is 236 cm³/mol. The third-order valence-electron chi connectivity index (χ3n) is 11.6. The highest BCUT2D eigenvalue weighted by molar-refractivity contribution is 6.14. The van der Waals surface area contributed by atoms with Gasteiger partial charge in [0.15, 0.2) is 0 Å². The number of fused-ring (bicyclic) bond motifs is 7. The molecule has 11 aromatic rings. The molecule has 0 aliphatic rings. The second-order valence-electron chi connectivity index (χ2n) is 14.8. The number of hydrogen-bond donors (Lipinski definition) is 0. The van der Waals surface area contributed by atoms with Crippen LogP contribution in [0.25, 0.3) is 87.6 Å². The van der Waals surface area contributed by atoms with Gasteiger partial charge in [-0.3, -0.25) is 0 Å². The highest BCUT2D eigenvalue weighted by atomic mass is 16.3. The largest absolute Gasteiger partial charge is 0.456 e. The zero-order chi connectivity index (χ0) is 37.0. The predicted octanol–water partition coefficient (Wildman–Crippen LogP) is 15.2. The van der Waals surface area contributed by atoms with Crippen molar-refractivity contribution in [2.45, 2.75) is 5.92 Å². The van der Waals surface area contributed by atoms with E-state index in [0.717, 1.165) is 27.5 Å². The smallest absolute Gasteiger partial charge is 0.139 e. The van der Waals surface area contributed by atoms with Gasteiger partial charge >= 0.3 is 0 Å². The lowest BCUT2D eigenvalue weighted by Gasteiger charge is -2.23. The Hall–Kier alpha value is -7.22. The van der Waals surface area contributed by atoms with Crippen molar-refractivity contribution in [3.8, 4) is 33.4 Å². The fourth-order valence-corrected chi connectivity index (χ4v) is 8.89. The molecule has 56 heavy (non-hydrogen) atoms. The first kappa shape index (κ1) is 32.2. The molecule has 1 aromatic heterocycles. The molecule has 0 amide bonds. The van der Waals surface area contributed by atoms with Crippen molar-refractivity contribution in [1.82, 2.24) is 0 Å². The molecule has 0 aliphatic carbocycles. The Morgan fingerprint density at radius 3 is 1.64 bits per heavy atom. The molecule has 262 valence electrons. The topological polar surface area (TPSA) is 13.1 Å². The van der Waals surface area contributed by atoms with E-state index in [1.54, 1.807) is 0 Å². The molecule has 1 nitrogen and oxygen atoms in total. The second kappa shape index (κ2) is 13.3. The van der Waals surface area contributed by atoms with Crippen molar-refractivity contribution in [1.29, 1.82) is 0 Å². The summed E-state index contributed by atoms with van der Waals surface area (Å²) in [5.74, 6) is -0.0844. The number of hydrogen-bond acceptors (Lipinski definition) is 1. The number of para-hydroxylation sites is 1. The molecule has 1 atom stereocenters. The quantitative estimate of drug-likeness (QED) is 0.124. The summed E-state index contributed by atoms with van der Waals surface area (Å²) in [4.78, 5) is 0. The van der Waals surface area contributed by atoms with Crippen LogP contribution in [0.15, 0.2) is 217 Å². The highest BCUT2D eigenvalue weighted by Gasteiger charge is 2.25. The Morgan fingerprint density at radius 2 is 0.857 bits per heavy atom. The Morgan fingerprint density at radius 1 is 0.304 bits per heavy atom. The number of benzene rings is 10. The van der Waals surface area contributed by atoms with Crippen LogP contribution in [0.2, 0.25) is 0 Å². The first-order valence-corrected chi connectivity index (χ1v) is 19.4. The first-order valence-electron chi connectivity index (χ1n) is 19.4. The van der Waals surface area contributed by atoms with Crippen molar-refractivity contribution in [2.75, 3.05) is 0 Å². The minimum Gasteiger partial charge on any atom is -0.456 e. The number of furan rings is 1. The Balaban J connectivity index is 1.08. The summed E-state index contributed by atoms with van der Waals surface area (Å²) in [6, 6.07) is 77.2. The molecule has 0 fully saturated rings. The SMILES string of the molecule is c1ccc(-c2ccc(C(c3ccccc3-c3ccc(-c4cc5ccccc5c5ccccc45)cc3)c3cccc4c3oc3cc5ccccc5cc34)cc2)cc1. The Bertz CT molecular complexity index is 3220. The average molecular weight is 713 g/mol. The first-order chi connectivity index (χ1) is 27.8. The van der Waals surface area contributed by atoms with Gasteiger partial charge in [0.2, 0.25) is 0 Å². The van der Waals surface area contributed by atoms with Crippen molar-refractivity contribution >= 4 is 54.3 Å². The summed E-state index contributed by atoms with van der Waals surface area (Å²) in [6.45, 7) is 0. The minimum absolute atomic E-state index is 0.0844. The van der Waals surface area contributed by atoms with Crippen molar-refractivity contribution < 1.29 is 4.42 Å². The molecule has 1 unspecified atom stereocenters. The van der Waals surface area contributed by atoms with E-state index in [0.29, 0.717) is 0 Å². The van der Waals surface area contributed by atoms with Gasteiger partial charge in [-0.2, -0.15) is 0 Å². The molecular formula is C55H36O. The Labute approximate surface area is 325 Å². The molecule has 0 saturated carbocycles. The van der Waals surface area contributed by atoms with Gasteiger partial charge in [-0.1, -0.05) is 194 Å². The van der Waals surface area contributed by atoms with Crippen LogP contribution in [0.4, 0.5) is 0 Å². The maximum absolute atomic E-state index is 6.88. The van der Waals surface area contributed by atoms with E-state index in [-0.39, 0.29) is 5.92 Å². The standard InChI is InChI=1S/C55H36O/c1-2-13-36(14-3-1)37-25-31-40(32-26-37)54(50-24-12-23-49-52-33-41-15-4-5-16-42(41)35-53(52)56-55(49)50)48-22-11-8-18-44(48)38-27-29-39(30-28-38)51-34-43-17-6-7-19-45(43)46-20-9-10-21-47(46)51/h1-35,54H. The molecule has 0 saturated heterocycles. The molecule has 0 spiro atoms. The van der Waals surface area contributed by atoms with E-state index in [1.807, 2.05) is 0 Å². The van der Waals surface area contributed by atoms with E-state index >= 15 is 0 Å². The van der Waals surface area contributed by atoms with Crippen LogP contribution in [0, 0.1) is 0 Å². The minimum atomic E-state index is -0.0844. The van der Waals surface area contributed by atoms with Gasteiger partial charge in [0.05, 0.1) is 0 Å². The van der Waals surface area contributed by atoms with Crippen molar-refractivity contribution in [3.05, 3.63) is 229 Å². The molecule has 11 rings (SSSR count). The van der Waals surface area contributed by atoms with Crippen LogP contribution in [-0.4, -0.2) is 0 Å². The average Bonchev–Trinajstić information content (AvgIpc) is 3.64. The van der Waals surface area contributed by atoms with E-state index in [4.69, 9.17) is 4.42 Å². The van der Waals surface area contributed by atoms with E-state index in [2.05, 4.69) is 212 Å². The van der Waals surface area contributed by atoms with Gasteiger partial charge in [0.25, 0.3) is 0 Å². The third kappa shape index (κ3) is 5.40. The van der Waals surface area contributed by atoms with Gasteiger partial charge in [0.1, 0.15) is 11.2 Å². The Kier molecular flexibility index (Phi) is 7.64. The van der Waals surface area contributed by atoms with Crippen LogP contribution in [0.3, 0.4) is 0 Å². The van der Waals surface area contributed by atoms with Crippen LogP contribution in [-0.2, 0) is 0 Å². The fourth-order valence-electron chi connectivity index (χ4n) is 8.89. The third-order valence-corrected chi connectivity index (χ3v) is 11.6.